The van der Waals surface area contributed by atoms with Gasteiger partial charge in [0.05, 0.1) is 0 Å². The van der Waals surface area contributed by atoms with Gasteiger partial charge in [0, 0.05) is 6.42 Å². The van der Waals surface area contributed by atoms with Gasteiger partial charge in [-0.2, -0.15) is 0 Å². The number of carbonyl (C=O) groups is 1. The van der Waals surface area contributed by atoms with Gasteiger partial charge in [0.2, 0.25) is 0 Å². The van der Waals surface area contributed by atoms with E-state index in [-0.39, 0.29) is 5.97 Å². The average Bonchev–Trinajstić information content (AvgIpc) is 2.90. The smallest absolute Gasteiger partial charge is 0.306 e. The molecule has 0 aromatic rings. The van der Waals surface area contributed by atoms with E-state index in [2.05, 4.69) is 102 Å². The van der Waals surface area contributed by atoms with Gasteiger partial charge < -0.3 is 4.74 Å². The maximum Gasteiger partial charge on any atom is 0.306 e. The quantitative estimate of drug-likeness (QED) is 0.0678. The minimum absolute atomic E-state index is 0.0846. The van der Waals surface area contributed by atoms with Crippen molar-refractivity contribution in [2.24, 2.45) is 0 Å². The fourth-order valence-electron chi connectivity index (χ4n) is 4.16. The summed E-state index contributed by atoms with van der Waals surface area (Å²) in [5, 5.41) is 0. The van der Waals surface area contributed by atoms with Crippen LogP contribution in [0.3, 0.4) is 0 Å². The zero-order valence-corrected chi connectivity index (χ0v) is 27.1. The SMILES string of the molecule is CCCCC/C=C\C/C=C\C/C=C\CCCCC(=O)OC/C=C(\C)CCC=C(C)CC/C=C(\C)CCC=C(C)C. The highest BCUT2D eigenvalue weighted by Gasteiger charge is 2.01. The van der Waals surface area contributed by atoms with Crippen LogP contribution in [-0.4, -0.2) is 12.6 Å². The Morgan fingerprint density at radius 1 is 0.525 bits per heavy atom. The van der Waals surface area contributed by atoms with Crippen molar-refractivity contribution in [3.05, 3.63) is 83.1 Å². The molecule has 0 aromatic heterocycles. The molecule has 0 spiro atoms. The standard InChI is InChI=1S/C38H62O2/c1-7-8-9-10-11-12-13-14-15-16-17-18-19-20-21-31-38(39)40-33-32-37(6)30-24-29-36(5)28-23-27-35(4)26-22-25-34(2)3/h11-12,14-15,17-18,25,27,29,32H,7-10,13,16,19-24,26,28,30-31,33H2,1-6H3/b12-11-,15-14-,18-17-,35-27+,36-29?,37-32+. The number of hydrogen-bond acceptors (Lipinski definition) is 2. The third-order valence-corrected chi connectivity index (χ3v) is 6.85. The van der Waals surface area contributed by atoms with Crippen molar-refractivity contribution in [2.45, 2.75) is 144 Å². The lowest BCUT2D eigenvalue weighted by molar-refractivity contribution is -0.142. The van der Waals surface area contributed by atoms with Crippen molar-refractivity contribution < 1.29 is 9.53 Å². The van der Waals surface area contributed by atoms with Gasteiger partial charge in [-0.3, -0.25) is 4.79 Å². The summed E-state index contributed by atoms with van der Waals surface area (Å²) in [6, 6.07) is 0. The molecule has 0 saturated heterocycles. The normalized spacial score (nSPS) is 13.2. The summed E-state index contributed by atoms with van der Waals surface area (Å²) in [6.45, 7) is 13.6. The van der Waals surface area contributed by atoms with Gasteiger partial charge in [0.1, 0.15) is 6.61 Å². The first-order valence-electron chi connectivity index (χ1n) is 16.1. The first-order valence-corrected chi connectivity index (χ1v) is 16.1. The molecule has 0 rings (SSSR count). The van der Waals surface area contributed by atoms with E-state index in [9.17, 15) is 4.79 Å². The summed E-state index contributed by atoms with van der Waals surface area (Å²) >= 11 is 0. The summed E-state index contributed by atoms with van der Waals surface area (Å²) in [4.78, 5) is 12.0. The van der Waals surface area contributed by atoms with Crippen molar-refractivity contribution in [1.29, 1.82) is 0 Å². The zero-order valence-electron chi connectivity index (χ0n) is 27.1. The monoisotopic (exact) mass is 550 g/mol. The lowest BCUT2D eigenvalue weighted by Crippen LogP contribution is -2.04. The molecule has 2 heteroatoms. The Labute approximate surface area is 249 Å². The molecule has 40 heavy (non-hydrogen) atoms. The molecular weight excluding hydrogens is 488 g/mol. The van der Waals surface area contributed by atoms with Crippen LogP contribution in [-0.2, 0) is 9.53 Å². The highest BCUT2D eigenvalue weighted by Crippen LogP contribution is 2.13. The van der Waals surface area contributed by atoms with Gasteiger partial charge in [-0.05, 0) is 124 Å². The lowest BCUT2D eigenvalue weighted by Gasteiger charge is -2.04. The van der Waals surface area contributed by atoms with Gasteiger partial charge in [-0.15, -0.1) is 0 Å². The Morgan fingerprint density at radius 3 is 1.52 bits per heavy atom. The van der Waals surface area contributed by atoms with Gasteiger partial charge in [0.25, 0.3) is 0 Å². The van der Waals surface area contributed by atoms with Crippen LogP contribution in [0.25, 0.3) is 0 Å². The van der Waals surface area contributed by atoms with Crippen LogP contribution >= 0.6 is 0 Å². The van der Waals surface area contributed by atoms with Crippen LogP contribution < -0.4 is 0 Å². The lowest BCUT2D eigenvalue weighted by atomic mass is 10.0. The summed E-state index contributed by atoms with van der Waals surface area (Å²) in [6.07, 6.45) is 39.8. The van der Waals surface area contributed by atoms with Crippen LogP contribution in [0.1, 0.15) is 144 Å². The number of unbranched alkanes of at least 4 members (excludes halogenated alkanes) is 5. The Kier molecular flexibility index (Phi) is 26.5. The van der Waals surface area contributed by atoms with Crippen LogP contribution in [0.4, 0.5) is 0 Å². The predicted octanol–water partition coefficient (Wildman–Crippen LogP) is 12.3. The van der Waals surface area contributed by atoms with Crippen LogP contribution in [0.15, 0.2) is 83.1 Å². The number of ether oxygens (including phenoxy) is 1. The fourth-order valence-corrected chi connectivity index (χ4v) is 4.16. The van der Waals surface area contributed by atoms with Crippen LogP contribution in [0.2, 0.25) is 0 Å². The van der Waals surface area contributed by atoms with Crippen molar-refractivity contribution in [1.82, 2.24) is 0 Å². The van der Waals surface area contributed by atoms with E-state index in [0.717, 1.165) is 70.6 Å². The second kappa shape index (κ2) is 28.2. The van der Waals surface area contributed by atoms with E-state index in [0.29, 0.717) is 13.0 Å². The van der Waals surface area contributed by atoms with Gasteiger partial charge in [-0.1, -0.05) is 96.7 Å². The molecule has 0 aliphatic heterocycles. The molecule has 0 radical (unpaired) electrons. The Hall–Kier alpha value is -2.35. The van der Waals surface area contributed by atoms with E-state index < -0.39 is 0 Å². The van der Waals surface area contributed by atoms with E-state index >= 15 is 0 Å². The minimum Gasteiger partial charge on any atom is -0.461 e. The molecule has 0 N–H and O–H groups in total. The maximum absolute atomic E-state index is 12.0. The average molecular weight is 551 g/mol. The number of carbonyl (C=O) groups excluding carboxylic acids is 1. The van der Waals surface area contributed by atoms with E-state index in [1.165, 1.54) is 48.0 Å². The molecule has 0 aliphatic rings. The highest BCUT2D eigenvalue weighted by molar-refractivity contribution is 5.69. The highest BCUT2D eigenvalue weighted by atomic mass is 16.5. The first kappa shape index (κ1) is 37.6. The number of esters is 1. The summed E-state index contributed by atoms with van der Waals surface area (Å²) < 4.78 is 5.40. The summed E-state index contributed by atoms with van der Waals surface area (Å²) in [7, 11) is 0. The Morgan fingerprint density at radius 2 is 1.00 bits per heavy atom. The van der Waals surface area contributed by atoms with Gasteiger partial charge >= 0.3 is 5.97 Å². The molecule has 2 nitrogen and oxygen atoms in total. The number of hydrogen-bond donors (Lipinski definition) is 0. The summed E-state index contributed by atoms with van der Waals surface area (Å²) in [5.74, 6) is -0.0846. The van der Waals surface area contributed by atoms with Crippen LogP contribution in [0, 0.1) is 0 Å². The molecule has 0 heterocycles. The molecule has 0 bridgehead atoms. The van der Waals surface area contributed by atoms with Crippen molar-refractivity contribution in [2.75, 3.05) is 6.61 Å². The van der Waals surface area contributed by atoms with Crippen molar-refractivity contribution >= 4 is 5.97 Å². The molecule has 0 fully saturated rings. The van der Waals surface area contributed by atoms with E-state index in [4.69, 9.17) is 4.74 Å². The first-order chi connectivity index (χ1) is 19.3. The minimum atomic E-state index is -0.0846. The molecular formula is C38H62O2. The maximum atomic E-state index is 12.0. The molecule has 0 atom stereocenters. The van der Waals surface area contributed by atoms with Crippen molar-refractivity contribution in [3.63, 3.8) is 0 Å². The summed E-state index contributed by atoms with van der Waals surface area (Å²) in [5.41, 5.74) is 5.64. The number of rotatable bonds is 24. The third-order valence-electron chi connectivity index (χ3n) is 6.85. The Balaban J connectivity index is 3.83. The van der Waals surface area contributed by atoms with Gasteiger partial charge in [-0.25, -0.2) is 0 Å². The predicted molar refractivity (Wildman–Crippen MR) is 179 cm³/mol. The second-order valence-corrected chi connectivity index (χ2v) is 11.4. The molecule has 0 unspecified atom stereocenters. The third kappa shape index (κ3) is 28.7. The topological polar surface area (TPSA) is 26.3 Å². The molecule has 0 aromatic carbocycles. The molecule has 226 valence electrons. The number of allylic oxidation sites excluding steroid dienone is 13. The largest absolute Gasteiger partial charge is 0.461 e. The van der Waals surface area contributed by atoms with Gasteiger partial charge in [0.15, 0.2) is 0 Å². The van der Waals surface area contributed by atoms with Crippen LogP contribution in [0.5, 0.6) is 0 Å². The second-order valence-electron chi connectivity index (χ2n) is 11.4. The van der Waals surface area contributed by atoms with E-state index in [1.54, 1.807) is 0 Å². The zero-order chi connectivity index (χ0) is 29.7. The Bertz CT molecular complexity index is 841. The van der Waals surface area contributed by atoms with Crippen molar-refractivity contribution in [3.8, 4) is 0 Å². The molecule has 0 aliphatic carbocycles. The van der Waals surface area contributed by atoms with E-state index in [1.807, 2.05) is 0 Å². The fraction of sp³-hybridized carbons (Fsp3) is 0.605. The molecule has 0 amide bonds. The molecule has 0 saturated carbocycles.